The lowest BCUT2D eigenvalue weighted by molar-refractivity contribution is -0.144. The van der Waals surface area contributed by atoms with Crippen LogP contribution in [0.5, 0.6) is 5.75 Å². The Morgan fingerprint density at radius 2 is 1.59 bits per heavy atom. The molecule has 0 saturated heterocycles. The molecule has 2 rings (SSSR count). The zero-order valence-electron chi connectivity index (χ0n) is 14.6. The summed E-state index contributed by atoms with van der Waals surface area (Å²) in [5.74, 6) is -0.862. The fourth-order valence-electron chi connectivity index (χ4n) is 2.33. The number of halogens is 3. The molecule has 27 heavy (non-hydrogen) atoms. The van der Waals surface area contributed by atoms with Gasteiger partial charge in [0, 0.05) is 19.4 Å². The van der Waals surface area contributed by atoms with Crippen molar-refractivity contribution in [3.05, 3.63) is 71.3 Å². The van der Waals surface area contributed by atoms with Crippen LogP contribution in [0.1, 0.15) is 36.6 Å². The molecule has 7 heteroatoms. The molecule has 0 saturated carbocycles. The van der Waals surface area contributed by atoms with Gasteiger partial charge in [-0.2, -0.15) is 13.2 Å². The van der Waals surface area contributed by atoms with Crippen LogP contribution in [0.4, 0.5) is 13.2 Å². The predicted octanol–water partition coefficient (Wildman–Crippen LogP) is 4.95. The van der Waals surface area contributed by atoms with Gasteiger partial charge in [0.15, 0.2) is 0 Å². The van der Waals surface area contributed by atoms with Gasteiger partial charge in [-0.3, -0.25) is 9.59 Å². The summed E-state index contributed by atoms with van der Waals surface area (Å²) in [7, 11) is 0. The van der Waals surface area contributed by atoms with Gasteiger partial charge in [-0.1, -0.05) is 36.4 Å². The van der Waals surface area contributed by atoms with Gasteiger partial charge in [0.2, 0.25) is 0 Å². The molecule has 1 atom stereocenters. The van der Waals surface area contributed by atoms with Crippen molar-refractivity contribution < 1.29 is 32.2 Å². The van der Waals surface area contributed by atoms with E-state index in [1.807, 2.05) is 0 Å². The Balaban J connectivity index is 2.31. The number of ether oxygens (including phenoxy) is 2. The minimum absolute atomic E-state index is 0.230. The molecule has 0 heterocycles. The standard InChI is InChI=1S/C20H17F3O4/c1-13(24)26-18-6-4-3-5-17(18)19(27-14(2)25)12-9-15-7-10-16(11-8-15)20(21,22)23/h3-12,19H,1-2H3/b12-9+. The lowest BCUT2D eigenvalue weighted by Gasteiger charge is -2.17. The van der Waals surface area contributed by atoms with Crippen LogP contribution >= 0.6 is 0 Å². The summed E-state index contributed by atoms with van der Waals surface area (Å²) >= 11 is 0. The molecule has 0 aliphatic heterocycles. The van der Waals surface area contributed by atoms with Crippen molar-refractivity contribution >= 4 is 18.0 Å². The molecular formula is C20H17F3O4. The first-order valence-electron chi connectivity index (χ1n) is 7.97. The summed E-state index contributed by atoms with van der Waals surface area (Å²) in [5.41, 5.74) is 0.174. The Morgan fingerprint density at radius 3 is 2.15 bits per heavy atom. The Labute approximate surface area is 154 Å². The third-order valence-corrected chi connectivity index (χ3v) is 3.47. The fraction of sp³-hybridized carbons (Fsp3) is 0.200. The van der Waals surface area contributed by atoms with E-state index in [0.29, 0.717) is 11.1 Å². The summed E-state index contributed by atoms with van der Waals surface area (Å²) in [4.78, 5) is 22.7. The van der Waals surface area contributed by atoms with E-state index in [9.17, 15) is 22.8 Å². The lowest BCUT2D eigenvalue weighted by Crippen LogP contribution is -2.10. The second-order valence-corrected chi connectivity index (χ2v) is 5.64. The zero-order chi connectivity index (χ0) is 20.0. The van der Waals surface area contributed by atoms with Gasteiger partial charge in [-0.05, 0) is 29.8 Å². The number of esters is 2. The molecule has 0 aliphatic carbocycles. The van der Waals surface area contributed by atoms with E-state index in [1.165, 1.54) is 38.1 Å². The Bertz CT molecular complexity index is 839. The first kappa shape index (κ1) is 20.2. The molecule has 0 N–H and O–H groups in total. The second kappa shape index (κ2) is 8.53. The summed E-state index contributed by atoms with van der Waals surface area (Å²) in [6.45, 7) is 2.48. The number of para-hydroxylation sites is 1. The first-order valence-corrected chi connectivity index (χ1v) is 7.97. The van der Waals surface area contributed by atoms with Crippen molar-refractivity contribution in [2.24, 2.45) is 0 Å². The van der Waals surface area contributed by atoms with Gasteiger partial charge in [0.25, 0.3) is 0 Å². The molecular weight excluding hydrogens is 361 g/mol. The van der Waals surface area contributed by atoms with Gasteiger partial charge in [0.1, 0.15) is 11.9 Å². The monoisotopic (exact) mass is 378 g/mol. The first-order chi connectivity index (χ1) is 12.7. The number of alkyl halides is 3. The van der Waals surface area contributed by atoms with Crippen LogP contribution in [0, 0.1) is 0 Å². The normalized spacial score (nSPS) is 12.6. The Kier molecular flexibility index (Phi) is 6.39. The van der Waals surface area contributed by atoms with Crippen LogP contribution < -0.4 is 4.74 Å². The summed E-state index contributed by atoms with van der Waals surface area (Å²) in [6, 6.07) is 11.1. The third-order valence-electron chi connectivity index (χ3n) is 3.47. The van der Waals surface area contributed by atoms with Crippen LogP contribution in [0.15, 0.2) is 54.6 Å². The van der Waals surface area contributed by atoms with Crippen LogP contribution in [-0.2, 0) is 20.5 Å². The quantitative estimate of drug-likeness (QED) is 0.546. The average molecular weight is 378 g/mol. The van der Waals surface area contributed by atoms with Gasteiger partial charge in [-0.15, -0.1) is 0 Å². The topological polar surface area (TPSA) is 52.6 Å². The van der Waals surface area contributed by atoms with Crippen molar-refractivity contribution in [1.82, 2.24) is 0 Å². The number of benzene rings is 2. The summed E-state index contributed by atoms with van der Waals surface area (Å²) < 4.78 is 48.3. The van der Waals surface area contributed by atoms with Gasteiger partial charge >= 0.3 is 18.1 Å². The van der Waals surface area contributed by atoms with Crippen molar-refractivity contribution in [2.75, 3.05) is 0 Å². The maximum atomic E-state index is 12.6. The van der Waals surface area contributed by atoms with Crippen LogP contribution in [-0.4, -0.2) is 11.9 Å². The van der Waals surface area contributed by atoms with E-state index in [0.717, 1.165) is 12.1 Å². The van der Waals surface area contributed by atoms with Crippen LogP contribution in [0.3, 0.4) is 0 Å². The van der Waals surface area contributed by atoms with Crippen molar-refractivity contribution in [2.45, 2.75) is 26.1 Å². The third kappa shape index (κ3) is 5.99. The smallest absolute Gasteiger partial charge is 0.416 e. The van der Waals surface area contributed by atoms with Gasteiger partial charge in [0.05, 0.1) is 5.56 Å². The molecule has 2 aromatic carbocycles. The van der Waals surface area contributed by atoms with Crippen LogP contribution in [0.25, 0.3) is 6.08 Å². The molecule has 0 aliphatic rings. The van der Waals surface area contributed by atoms with E-state index in [1.54, 1.807) is 24.3 Å². The maximum Gasteiger partial charge on any atom is 0.416 e. The van der Waals surface area contributed by atoms with Crippen molar-refractivity contribution in [3.63, 3.8) is 0 Å². The number of carbonyl (C=O) groups excluding carboxylic acids is 2. The van der Waals surface area contributed by atoms with Gasteiger partial charge < -0.3 is 9.47 Å². The molecule has 142 valence electrons. The van der Waals surface area contributed by atoms with Crippen molar-refractivity contribution in [1.29, 1.82) is 0 Å². The Hall–Kier alpha value is -3.09. The van der Waals surface area contributed by atoms with E-state index >= 15 is 0 Å². The molecule has 1 unspecified atom stereocenters. The molecule has 0 amide bonds. The van der Waals surface area contributed by atoms with Crippen molar-refractivity contribution in [3.8, 4) is 5.75 Å². The molecule has 0 bridgehead atoms. The van der Waals surface area contributed by atoms with E-state index in [-0.39, 0.29) is 5.75 Å². The highest BCUT2D eigenvalue weighted by molar-refractivity contribution is 5.70. The maximum absolute atomic E-state index is 12.6. The second-order valence-electron chi connectivity index (χ2n) is 5.64. The molecule has 4 nitrogen and oxygen atoms in total. The number of carbonyl (C=O) groups is 2. The summed E-state index contributed by atoms with van der Waals surface area (Å²) in [6.07, 6.45) is -2.25. The highest BCUT2D eigenvalue weighted by Gasteiger charge is 2.29. The fourth-order valence-corrected chi connectivity index (χ4v) is 2.33. The molecule has 0 spiro atoms. The van der Waals surface area contributed by atoms with E-state index in [4.69, 9.17) is 9.47 Å². The minimum Gasteiger partial charge on any atom is -0.453 e. The minimum atomic E-state index is -4.41. The molecule has 2 aromatic rings. The number of hydrogen-bond acceptors (Lipinski definition) is 4. The predicted molar refractivity (Wildman–Crippen MR) is 92.7 cm³/mol. The largest absolute Gasteiger partial charge is 0.453 e. The molecule has 0 radical (unpaired) electrons. The van der Waals surface area contributed by atoms with Crippen LogP contribution in [0.2, 0.25) is 0 Å². The number of hydrogen-bond donors (Lipinski definition) is 0. The summed E-state index contributed by atoms with van der Waals surface area (Å²) in [5, 5.41) is 0. The van der Waals surface area contributed by atoms with Gasteiger partial charge in [-0.25, -0.2) is 0 Å². The molecule has 0 fully saturated rings. The highest BCUT2D eigenvalue weighted by atomic mass is 19.4. The average Bonchev–Trinajstić information content (AvgIpc) is 2.58. The van der Waals surface area contributed by atoms with E-state index in [2.05, 4.69) is 0 Å². The highest BCUT2D eigenvalue weighted by Crippen LogP contribution is 2.31. The van der Waals surface area contributed by atoms with E-state index < -0.39 is 29.8 Å². The zero-order valence-corrected chi connectivity index (χ0v) is 14.6. The number of rotatable bonds is 5. The SMILES string of the molecule is CC(=O)Oc1ccccc1C(/C=C/c1ccc(C(F)(F)F)cc1)OC(C)=O. The Morgan fingerprint density at radius 1 is 0.963 bits per heavy atom. The lowest BCUT2D eigenvalue weighted by atomic mass is 10.1. The molecule has 0 aromatic heterocycles.